The van der Waals surface area contributed by atoms with Gasteiger partial charge in [-0.3, -0.25) is 9.59 Å². The van der Waals surface area contributed by atoms with Crippen molar-refractivity contribution in [2.45, 2.75) is 18.9 Å². The second-order valence-corrected chi connectivity index (χ2v) is 4.72. The largest absolute Gasteiger partial charge is 0.329 e. The molecule has 2 saturated heterocycles. The highest BCUT2D eigenvalue weighted by Gasteiger charge is 2.41. The van der Waals surface area contributed by atoms with E-state index in [9.17, 15) is 9.59 Å². The van der Waals surface area contributed by atoms with E-state index in [-0.39, 0.29) is 24.4 Å². The van der Waals surface area contributed by atoms with E-state index in [0.717, 1.165) is 25.0 Å². The molecule has 0 aromatic rings. The zero-order chi connectivity index (χ0) is 12.4. The van der Waals surface area contributed by atoms with Crippen LogP contribution in [0.25, 0.3) is 0 Å². The predicted octanol–water partition coefficient (Wildman–Crippen LogP) is -0.405. The number of amides is 2. The van der Waals surface area contributed by atoms with E-state index < -0.39 is 0 Å². The van der Waals surface area contributed by atoms with Crippen molar-refractivity contribution in [2.75, 3.05) is 33.2 Å². The number of fused-ring (bicyclic) bond motifs is 1. The van der Waals surface area contributed by atoms with Crippen LogP contribution in [0.5, 0.6) is 0 Å². The second kappa shape index (κ2) is 4.87. The summed E-state index contributed by atoms with van der Waals surface area (Å²) in [5, 5.41) is 3.00. The van der Waals surface area contributed by atoms with Crippen LogP contribution in [0.1, 0.15) is 12.8 Å². The van der Waals surface area contributed by atoms with Gasteiger partial charge in [0, 0.05) is 19.6 Å². The van der Waals surface area contributed by atoms with Crippen LogP contribution >= 0.6 is 0 Å². The summed E-state index contributed by atoms with van der Waals surface area (Å²) in [5.41, 5.74) is 0.931. The van der Waals surface area contributed by atoms with Gasteiger partial charge in [0.05, 0.1) is 0 Å². The number of piperazine rings is 1. The highest BCUT2D eigenvalue weighted by atomic mass is 16.2. The zero-order valence-electron chi connectivity index (χ0n) is 10.2. The molecule has 0 bridgehead atoms. The first kappa shape index (κ1) is 12.1. The van der Waals surface area contributed by atoms with Crippen LogP contribution in [-0.4, -0.2) is 60.9 Å². The molecule has 2 aliphatic heterocycles. The third-order valence-electron chi connectivity index (χ3n) is 3.34. The van der Waals surface area contributed by atoms with Crippen molar-refractivity contribution in [2.24, 2.45) is 0 Å². The molecule has 0 aromatic carbocycles. The number of likely N-dealkylation sites (N-methyl/N-ethyl adjacent to an activating group) is 1. The molecule has 0 aliphatic carbocycles. The van der Waals surface area contributed by atoms with Crippen LogP contribution < -0.4 is 5.32 Å². The maximum absolute atomic E-state index is 12.2. The van der Waals surface area contributed by atoms with Gasteiger partial charge in [0.25, 0.3) is 0 Å². The van der Waals surface area contributed by atoms with Gasteiger partial charge >= 0.3 is 0 Å². The minimum Gasteiger partial charge on any atom is -0.329 e. The first-order valence-corrected chi connectivity index (χ1v) is 6.03. The maximum atomic E-state index is 12.2. The molecule has 0 radical (unpaired) electrons. The fourth-order valence-electron chi connectivity index (χ4n) is 2.57. The third kappa shape index (κ3) is 2.34. The fourth-order valence-corrected chi connectivity index (χ4v) is 2.57. The smallest absolute Gasteiger partial charge is 0.246 e. The Kier molecular flexibility index (Phi) is 3.47. The zero-order valence-corrected chi connectivity index (χ0v) is 10.2. The van der Waals surface area contributed by atoms with E-state index in [2.05, 4.69) is 11.9 Å². The van der Waals surface area contributed by atoms with Crippen molar-refractivity contribution in [3.63, 3.8) is 0 Å². The molecule has 1 N–H and O–H groups in total. The van der Waals surface area contributed by atoms with Gasteiger partial charge in [0.2, 0.25) is 11.8 Å². The number of rotatable bonds is 4. The normalized spacial score (nSPS) is 24.2. The lowest BCUT2D eigenvalue weighted by Crippen LogP contribution is -2.57. The fraction of sp³-hybridized carbons (Fsp3) is 0.667. The number of nitrogens with zero attached hydrogens (tertiary/aromatic N) is 2. The molecule has 17 heavy (non-hydrogen) atoms. The lowest BCUT2D eigenvalue weighted by atomic mass is 10.1. The number of hydrogen-bond donors (Lipinski definition) is 1. The monoisotopic (exact) mass is 237 g/mol. The lowest BCUT2D eigenvalue weighted by Gasteiger charge is -2.36. The van der Waals surface area contributed by atoms with Gasteiger partial charge < -0.3 is 15.1 Å². The molecule has 5 nitrogen and oxygen atoms in total. The van der Waals surface area contributed by atoms with Crippen molar-refractivity contribution in [3.05, 3.63) is 12.2 Å². The Morgan fingerprint density at radius 3 is 3.00 bits per heavy atom. The average Bonchev–Trinajstić information content (AvgIpc) is 2.75. The van der Waals surface area contributed by atoms with Crippen LogP contribution in [0.3, 0.4) is 0 Å². The molecule has 1 unspecified atom stereocenters. The van der Waals surface area contributed by atoms with Crippen LogP contribution in [0, 0.1) is 0 Å². The standard InChI is InChI=1S/C12H19N3O2/c1-9(6-13-2)7-14-8-11(16)15-5-3-4-10(15)12(14)17/h10,13H,1,3-8H2,2H3. The lowest BCUT2D eigenvalue weighted by molar-refractivity contribution is -0.153. The molecule has 0 spiro atoms. The van der Waals surface area contributed by atoms with Crippen molar-refractivity contribution < 1.29 is 9.59 Å². The summed E-state index contributed by atoms with van der Waals surface area (Å²) < 4.78 is 0. The summed E-state index contributed by atoms with van der Waals surface area (Å²) in [6, 6.07) is -0.210. The Labute approximate surface area is 101 Å². The quantitative estimate of drug-likeness (QED) is 0.677. The predicted molar refractivity (Wildman–Crippen MR) is 64.4 cm³/mol. The van der Waals surface area contributed by atoms with Gasteiger partial charge in [-0.25, -0.2) is 0 Å². The first-order valence-electron chi connectivity index (χ1n) is 6.03. The Bertz CT molecular complexity index is 354. The number of carbonyl (C=O) groups excluding carboxylic acids is 2. The van der Waals surface area contributed by atoms with Gasteiger partial charge in [-0.1, -0.05) is 6.58 Å². The van der Waals surface area contributed by atoms with Crippen LogP contribution in [0.15, 0.2) is 12.2 Å². The highest BCUT2D eigenvalue weighted by molar-refractivity contribution is 5.95. The average molecular weight is 237 g/mol. The third-order valence-corrected chi connectivity index (χ3v) is 3.34. The highest BCUT2D eigenvalue weighted by Crippen LogP contribution is 2.23. The number of hydrogen-bond acceptors (Lipinski definition) is 3. The minimum atomic E-state index is -0.210. The number of carbonyl (C=O) groups is 2. The van der Waals surface area contributed by atoms with Gasteiger partial charge in [-0.05, 0) is 25.5 Å². The second-order valence-electron chi connectivity index (χ2n) is 4.72. The molecule has 2 fully saturated rings. The molecule has 0 aromatic heterocycles. The Balaban J connectivity index is 2.02. The Morgan fingerprint density at radius 2 is 2.29 bits per heavy atom. The van der Waals surface area contributed by atoms with Gasteiger partial charge in [0.1, 0.15) is 12.6 Å². The van der Waals surface area contributed by atoms with Crippen molar-refractivity contribution in [3.8, 4) is 0 Å². The van der Waals surface area contributed by atoms with E-state index >= 15 is 0 Å². The van der Waals surface area contributed by atoms with Gasteiger partial charge in [-0.2, -0.15) is 0 Å². The molecule has 2 rings (SSSR count). The summed E-state index contributed by atoms with van der Waals surface area (Å²) in [4.78, 5) is 27.4. The Hall–Kier alpha value is -1.36. The molecule has 1 atom stereocenters. The van der Waals surface area contributed by atoms with Gasteiger partial charge in [-0.15, -0.1) is 0 Å². The molecular formula is C12H19N3O2. The van der Waals surface area contributed by atoms with E-state index in [0.29, 0.717) is 13.1 Å². The summed E-state index contributed by atoms with van der Waals surface area (Å²) >= 11 is 0. The summed E-state index contributed by atoms with van der Waals surface area (Å²) in [5.74, 6) is 0.156. The first-order chi connectivity index (χ1) is 8.13. The van der Waals surface area contributed by atoms with Crippen LogP contribution in [-0.2, 0) is 9.59 Å². The molecule has 2 heterocycles. The maximum Gasteiger partial charge on any atom is 0.246 e. The molecule has 2 aliphatic rings. The topological polar surface area (TPSA) is 52.7 Å². The van der Waals surface area contributed by atoms with Crippen molar-refractivity contribution in [1.82, 2.24) is 15.1 Å². The Morgan fingerprint density at radius 1 is 1.53 bits per heavy atom. The summed E-state index contributed by atoms with van der Waals surface area (Å²) in [7, 11) is 1.84. The number of nitrogens with one attached hydrogen (secondary N) is 1. The van der Waals surface area contributed by atoms with Crippen molar-refractivity contribution in [1.29, 1.82) is 0 Å². The molecular weight excluding hydrogens is 218 g/mol. The SMILES string of the molecule is C=C(CNC)CN1CC(=O)N2CCCC2C1=O. The van der Waals surface area contributed by atoms with Crippen molar-refractivity contribution >= 4 is 11.8 Å². The van der Waals surface area contributed by atoms with E-state index in [1.165, 1.54) is 0 Å². The minimum absolute atomic E-state index is 0.0735. The summed E-state index contributed by atoms with van der Waals surface area (Å²) in [6.45, 7) is 6.00. The van der Waals surface area contributed by atoms with E-state index in [1.54, 1.807) is 9.80 Å². The van der Waals surface area contributed by atoms with Gasteiger partial charge in [0.15, 0.2) is 0 Å². The molecule has 2 amide bonds. The molecule has 5 heteroatoms. The molecule has 0 saturated carbocycles. The van der Waals surface area contributed by atoms with E-state index in [1.807, 2.05) is 7.05 Å². The van der Waals surface area contributed by atoms with Crippen LogP contribution in [0.4, 0.5) is 0 Å². The van der Waals surface area contributed by atoms with E-state index in [4.69, 9.17) is 0 Å². The van der Waals surface area contributed by atoms with Crippen LogP contribution in [0.2, 0.25) is 0 Å². The molecule has 94 valence electrons. The summed E-state index contributed by atoms with van der Waals surface area (Å²) in [6.07, 6.45) is 1.74.